The monoisotopic (exact) mass is 331 g/mol. The molecule has 3 atom stereocenters. The topological polar surface area (TPSA) is 35.2 Å². The number of nitrogens with two attached hydrogens (primary N) is 1. The van der Waals surface area contributed by atoms with Gasteiger partial charge >= 0.3 is 0 Å². The predicted octanol–water partition coefficient (Wildman–Crippen LogP) is 4.40. The fraction of sp³-hybridized carbons (Fsp3) is 0.294. The van der Waals surface area contributed by atoms with Crippen LogP contribution in [-0.2, 0) is 0 Å². The minimum Gasteiger partial charge on any atom is -0.489 e. The Morgan fingerprint density at radius 3 is 2.70 bits per heavy atom. The second kappa shape index (κ2) is 5.58. The van der Waals surface area contributed by atoms with Gasteiger partial charge in [-0.3, -0.25) is 0 Å². The molecular formula is C17H18BrNO. The molecule has 1 aliphatic heterocycles. The van der Waals surface area contributed by atoms with Crippen molar-refractivity contribution in [2.24, 2.45) is 5.73 Å². The van der Waals surface area contributed by atoms with Crippen molar-refractivity contribution in [3.63, 3.8) is 0 Å². The Morgan fingerprint density at radius 1 is 1.20 bits per heavy atom. The third-order valence-electron chi connectivity index (χ3n) is 4.02. The van der Waals surface area contributed by atoms with Gasteiger partial charge in [-0.15, -0.1) is 0 Å². The summed E-state index contributed by atoms with van der Waals surface area (Å²) in [6, 6.07) is 16.6. The van der Waals surface area contributed by atoms with Crippen LogP contribution in [0.2, 0.25) is 0 Å². The molecule has 0 aromatic heterocycles. The molecule has 2 aromatic rings. The summed E-state index contributed by atoms with van der Waals surface area (Å²) >= 11 is 3.49. The van der Waals surface area contributed by atoms with Crippen molar-refractivity contribution in [1.82, 2.24) is 0 Å². The average molecular weight is 332 g/mol. The lowest BCUT2D eigenvalue weighted by molar-refractivity contribution is 0.136. The molecule has 2 aromatic carbocycles. The molecule has 3 rings (SSSR count). The van der Waals surface area contributed by atoms with E-state index in [0.29, 0.717) is 5.92 Å². The molecule has 104 valence electrons. The van der Waals surface area contributed by atoms with Gasteiger partial charge in [-0.05, 0) is 23.8 Å². The van der Waals surface area contributed by atoms with Crippen LogP contribution in [0.1, 0.15) is 36.4 Å². The van der Waals surface area contributed by atoms with Gasteiger partial charge in [-0.2, -0.15) is 0 Å². The Labute approximate surface area is 128 Å². The first-order valence-electron chi connectivity index (χ1n) is 6.92. The normalized spacial score (nSPS) is 22.8. The van der Waals surface area contributed by atoms with Gasteiger partial charge in [0.05, 0.1) is 0 Å². The first-order valence-corrected chi connectivity index (χ1v) is 7.71. The van der Waals surface area contributed by atoms with E-state index in [1.54, 1.807) is 0 Å². The van der Waals surface area contributed by atoms with Gasteiger partial charge in [0, 0.05) is 28.4 Å². The lowest BCUT2D eigenvalue weighted by atomic mass is 9.87. The quantitative estimate of drug-likeness (QED) is 0.884. The summed E-state index contributed by atoms with van der Waals surface area (Å²) in [5.41, 5.74) is 8.71. The highest BCUT2D eigenvalue weighted by atomic mass is 79.9. The molecule has 0 radical (unpaired) electrons. The zero-order chi connectivity index (χ0) is 14.1. The van der Waals surface area contributed by atoms with Gasteiger partial charge in [0.15, 0.2) is 0 Å². The molecule has 3 heteroatoms. The van der Waals surface area contributed by atoms with Gasteiger partial charge in [-0.25, -0.2) is 0 Å². The third-order valence-corrected chi connectivity index (χ3v) is 4.51. The van der Waals surface area contributed by atoms with Crippen LogP contribution >= 0.6 is 15.9 Å². The molecule has 2 N–H and O–H groups in total. The van der Waals surface area contributed by atoms with Gasteiger partial charge in [0.25, 0.3) is 0 Å². The minimum atomic E-state index is 0.0346. The Kier molecular flexibility index (Phi) is 3.81. The number of ether oxygens (including phenoxy) is 1. The maximum absolute atomic E-state index is 6.32. The van der Waals surface area contributed by atoms with Gasteiger partial charge < -0.3 is 10.5 Å². The standard InChI is InChI=1S/C17H18BrNO/c1-11(12-5-3-2-4-6-12)17-10-15(19)14-9-13(18)7-8-16(14)20-17/h2-9,11,15,17H,10,19H2,1H3. The van der Waals surface area contributed by atoms with E-state index in [-0.39, 0.29) is 12.1 Å². The minimum absolute atomic E-state index is 0.0346. The fourth-order valence-electron chi connectivity index (χ4n) is 2.78. The van der Waals surface area contributed by atoms with E-state index in [1.807, 2.05) is 18.2 Å². The van der Waals surface area contributed by atoms with E-state index < -0.39 is 0 Å². The van der Waals surface area contributed by atoms with E-state index in [4.69, 9.17) is 10.5 Å². The van der Waals surface area contributed by atoms with Gasteiger partial charge in [-0.1, -0.05) is 53.2 Å². The maximum Gasteiger partial charge on any atom is 0.124 e. The number of benzene rings is 2. The zero-order valence-corrected chi connectivity index (χ0v) is 13.0. The summed E-state index contributed by atoms with van der Waals surface area (Å²) < 4.78 is 7.22. The number of fused-ring (bicyclic) bond motifs is 1. The van der Waals surface area contributed by atoms with Gasteiger partial charge in [0.2, 0.25) is 0 Å². The number of hydrogen-bond acceptors (Lipinski definition) is 2. The van der Waals surface area contributed by atoms with Crippen LogP contribution in [0.3, 0.4) is 0 Å². The molecule has 0 amide bonds. The molecule has 0 aliphatic carbocycles. The van der Waals surface area contributed by atoms with Crippen LogP contribution in [-0.4, -0.2) is 6.10 Å². The van der Waals surface area contributed by atoms with Crippen LogP contribution in [0.4, 0.5) is 0 Å². The van der Waals surface area contributed by atoms with Crippen LogP contribution in [0.5, 0.6) is 5.75 Å². The number of rotatable bonds is 2. The number of hydrogen-bond donors (Lipinski definition) is 1. The van der Waals surface area contributed by atoms with E-state index >= 15 is 0 Å². The van der Waals surface area contributed by atoms with Crippen molar-refractivity contribution in [3.05, 3.63) is 64.1 Å². The molecule has 2 nitrogen and oxygen atoms in total. The maximum atomic E-state index is 6.32. The van der Waals surface area contributed by atoms with Crippen molar-refractivity contribution in [2.75, 3.05) is 0 Å². The highest BCUT2D eigenvalue weighted by Gasteiger charge is 2.30. The molecule has 0 fully saturated rings. The fourth-order valence-corrected chi connectivity index (χ4v) is 3.16. The SMILES string of the molecule is CC(c1ccccc1)C1CC(N)c2cc(Br)ccc2O1. The Balaban J connectivity index is 1.86. The summed E-state index contributed by atoms with van der Waals surface area (Å²) in [4.78, 5) is 0. The summed E-state index contributed by atoms with van der Waals surface area (Å²) in [6.45, 7) is 2.20. The van der Waals surface area contributed by atoms with E-state index in [0.717, 1.165) is 22.2 Å². The van der Waals surface area contributed by atoms with Crippen LogP contribution in [0.25, 0.3) is 0 Å². The zero-order valence-electron chi connectivity index (χ0n) is 11.4. The molecule has 20 heavy (non-hydrogen) atoms. The molecule has 1 aliphatic rings. The molecule has 0 spiro atoms. The van der Waals surface area contributed by atoms with E-state index in [9.17, 15) is 0 Å². The Morgan fingerprint density at radius 2 is 1.95 bits per heavy atom. The summed E-state index contributed by atoms with van der Waals surface area (Å²) in [5, 5.41) is 0. The lowest BCUT2D eigenvalue weighted by Crippen LogP contribution is -2.33. The van der Waals surface area contributed by atoms with E-state index in [1.165, 1.54) is 5.56 Å². The highest BCUT2D eigenvalue weighted by Crippen LogP contribution is 2.39. The molecule has 0 saturated heterocycles. The van der Waals surface area contributed by atoms with Crippen molar-refractivity contribution in [1.29, 1.82) is 0 Å². The average Bonchev–Trinajstić information content (AvgIpc) is 2.48. The largest absolute Gasteiger partial charge is 0.489 e. The second-order valence-electron chi connectivity index (χ2n) is 5.38. The molecular weight excluding hydrogens is 314 g/mol. The smallest absolute Gasteiger partial charge is 0.124 e. The summed E-state index contributed by atoms with van der Waals surface area (Å²) in [5.74, 6) is 1.25. The first-order chi connectivity index (χ1) is 9.65. The predicted molar refractivity (Wildman–Crippen MR) is 85.0 cm³/mol. The molecule has 1 heterocycles. The summed E-state index contributed by atoms with van der Waals surface area (Å²) in [6.07, 6.45) is 0.973. The van der Waals surface area contributed by atoms with Gasteiger partial charge in [0.1, 0.15) is 11.9 Å². The number of halogens is 1. The third kappa shape index (κ3) is 2.60. The van der Waals surface area contributed by atoms with E-state index in [2.05, 4.69) is 53.2 Å². The van der Waals surface area contributed by atoms with Crippen molar-refractivity contribution < 1.29 is 4.74 Å². The van der Waals surface area contributed by atoms with Crippen molar-refractivity contribution >= 4 is 15.9 Å². The lowest BCUT2D eigenvalue weighted by Gasteiger charge is -2.34. The Hall–Kier alpha value is -1.32. The van der Waals surface area contributed by atoms with Crippen LogP contribution in [0, 0.1) is 0 Å². The second-order valence-corrected chi connectivity index (χ2v) is 6.30. The Bertz CT molecular complexity index is 599. The molecule has 3 unspecified atom stereocenters. The highest BCUT2D eigenvalue weighted by molar-refractivity contribution is 9.10. The summed E-state index contributed by atoms with van der Waals surface area (Å²) in [7, 11) is 0. The van der Waals surface area contributed by atoms with Crippen LogP contribution < -0.4 is 10.5 Å². The molecule has 0 saturated carbocycles. The van der Waals surface area contributed by atoms with Crippen molar-refractivity contribution in [2.45, 2.75) is 31.4 Å². The van der Waals surface area contributed by atoms with Crippen LogP contribution in [0.15, 0.2) is 53.0 Å². The first kappa shape index (κ1) is 13.7. The van der Waals surface area contributed by atoms with Crippen molar-refractivity contribution in [3.8, 4) is 5.75 Å². The molecule has 0 bridgehead atoms.